The molecule has 3 unspecified atom stereocenters. The van der Waals surface area contributed by atoms with Crippen molar-refractivity contribution in [3.63, 3.8) is 0 Å². The second kappa shape index (κ2) is 7.71. The lowest BCUT2D eigenvalue weighted by molar-refractivity contribution is -0.384. The fourth-order valence-electron chi connectivity index (χ4n) is 2.10. The molecule has 1 rings (SSSR count). The van der Waals surface area contributed by atoms with Gasteiger partial charge in [0.05, 0.1) is 17.7 Å². The summed E-state index contributed by atoms with van der Waals surface area (Å²) >= 11 is 0. The average molecular weight is 325 g/mol. The van der Waals surface area contributed by atoms with Crippen molar-refractivity contribution in [2.75, 3.05) is 0 Å². The fraction of sp³-hybridized carbons (Fsp3) is 0.538. The van der Waals surface area contributed by atoms with Crippen LogP contribution in [0.15, 0.2) is 29.2 Å². The summed E-state index contributed by atoms with van der Waals surface area (Å²) < 4.78 is 27.1. The van der Waals surface area contributed by atoms with Gasteiger partial charge in [0.25, 0.3) is 5.69 Å². The van der Waals surface area contributed by atoms with E-state index in [0.717, 1.165) is 12.1 Å². The van der Waals surface area contributed by atoms with E-state index in [4.69, 9.17) is 7.85 Å². The molecule has 22 heavy (non-hydrogen) atoms. The quantitative estimate of drug-likeness (QED) is 0.424. The number of benzene rings is 1. The Balaban J connectivity index is 2.87. The minimum Gasteiger partial charge on any atom is -0.318 e. The van der Waals surface area contributed by atoms with Gasteiger partial charge in [0.15, 0.2) is 0 Å². The zero-order valence-electron chi connectivity index (χ0n) is 12.8. The Bertz CT molecular complexity index is 604. The van der Waals surface area contributed by atoms with Crippen molar-refractivity contribution in [1.82, 2.24) is 10.0 Å². The SMILES string of the molecule is [B]C(C)NC(CC)C(C)NS(=O)(=O)c1ccc([N+](=O)[O-])cc1. The maximum atomic E-state index is 12.3. The lowest BCUT2D eigenvalue weighted by Crippen LogP contribution is -2.50. The van der Waals surface area contributed by atoms with Crippen LogP contribution in [0.4, 0.5) is 5.69 Å². The lowest BCUT2D eigenvalue weighted by atomic mass is 9.96. The number of non-ortho nitro benzene ring substituents is 1. The monoisotopic (exact) mass is 325 g/mol. The first-order valence-corrected chi connectivity index (χ1v) is 8.44. The van der Waals surface area contributed by atoms with Crippen molar-refractivity contribution in [3.8, 4) is 0 Å². The third kappa shape index (κ3) is 5.08. The predicted octanol–water partition coefficient (Wildman–Crippen LogP) is 1.14. The number of nitrogens with zero attached hydrogens (tertiary/aromatic N) is 1. The minimum atomic E-state index is -3.75. The van der Waals surface area contributed by atoms with Gasteiger partial charge in [-0.2, -0.15) is 0 Å². The Morgan fingerprint density at radius 1 is 1.27 bits per heavy atom. The summed E-state index contributed by atoms with van der Waals surface area (Å²) in [6.45, 7) is 5.45. The van der Waals surface area contributed by atoms with Crippen molar-refractivity contribution in [2.45, 2.75) is 50.1 Å². The summed E-state index contributed by atoms with van der Waals surface area (Å²) in [5.74, 6) is -0.253. The van der Waals surface area contributed by atoms with E-state index >= 15 is 0 Å². The summed E-state index contributed by atoms with van der Waals surface area (Å²) in [5.41, 5.74) is -0.156. The van der Waals surface area contributed by atoms with Crippen LogP contribution in [-0.2, 0) is 10.0 Å². The maximum absolute atomic E-state index is 12.3. The highest BCUT2D eigenvalue weighted by Crippen LogP contribution is 2.16. The van der Waals surface area contributed by atoms with E-state index in [-0.39, 0.29) is 28.6 Å². The fourth-order valence-corrected chi connectivity index (χ4v) is 3.38. The lowest BCUT2D eigenvalue weighted by Gasteiger charge is -2.27. The molecule has 0 aliphatic carbocycles. The first-order chi connectivity index (χ1) is 10.2. The molecule has 0 bridgehead atoms. The van der Waals surface area contributed by atoms with E-state index in [1.807, 2.05) is 6.92 Å². The second-order valence-electron chi connectivity index (χ2n) is 5.13. The molecule has 0 aliphatic rings. The first-order valence-electron chi connectivity index (χ1n) is 6.95. The molecule has 2 N–H and O–H groups in total. The molecule has 120 valence electrons. The number of hydrogen-bond acceptors (Lipinski definition) is 5. The molecular weight excluding hydrogens is 305 g/mol. The molecule has 1 aromatic carbocycles. The number of nitrogens with one attached hydrogen (secondary N) is 2. The normalized spacial score (nSPS) is 16.0. The van der Waals surface area contributed by atoms with E-state index in [0.29, 0.717) is 6.42 Å². The minimum absolute atomic E-state index is 0.0133. The zero-order chi connectivity index (χ0) is 16.9. The van der Waals surface area contributed by atoms with Crippen molar-refractivity contribution in [2.24, 2.45) is 0 Å². The Labute approximate surface area is 132 Å². The molecule has 0 saturated heterocycles. The van der Waals surface area contributed by atoms with Crippen molar-refractivity contribution in [3.05, 3.63) is 34.4 Å². The molecule has 0 spiro atoms. The van der Waals surface area contributed by atoms with Gasteiger partial charge in [0, 0.05) is 24.2 Å². The van der Waals surface area contributed by atoms with Gasteiger partial charge in [-0.05, 0) is 31.4 Å². The van der Waals surface area contributed by atoms with Crippen LogP contribution >= 0.6 is 0 Å². The highest BCUT2D eigenvalue weighted by atomic mass is 32.2. The molecule has 0 aromatic heterocycles. The number of hydrogen-bond donors (Lipinski definition) is 2. The Kier molecular flexibility index (Phi) is 6.52. The van der Waals surface area contributed by atoms with E-state index in [9.17, 15) is 18.5 Å². The van der Waals surface area contributed by atoms with E-state index in [2.05, 4.69) is 10.0 Å². The molecule has 3 atom stereocenters. The van der Waals surface area contributed by atoms with Gasteiger partial charge in [0.2, 0.25) is 10.0 Å². The van der Waals surface area contributed by atoms with Crippen LogP contribution in [-0.4, -0.2) is 39.2 Å². The molecule has 7 nitrogen and oxygen atoms in total. The summed E-state index contributed by atoms with van der Waals surface area (Å²) in [4.78, 5) is 10.0. The summed E-state index contributed by atoms with van der Waals surface area (Å²) in [7, 11) is 1.93. The van der Waals surface area contributed by atoms with Crippen LogP contribution in [0.5, 0.6) is 0 Å². The third-order valence-corrected chi connectivity index (χ3v) is 4.79. The van der Waals surface area contributed by atoms with Crippen LogP contribution in [0.2, 0.25) is 0 Å². The van der Waals surface area contributed by atoms with Gasteiger partial charge in [-0.3, -0.25) is 10.1 Å². The van der Waals surface area contributed by atoms with Crippen LogP contribution in [0.1, 0.15) is 27.2 Å². The summed E-state index contributed by atoms with van der Waals surface area (Å²) in [6, 6.07) is 4.26. The van der Waals surface area contributed by atoms with Crippen LogP contribution < -0.4 is 10.0 Å². The maximum Gasteiger partial charge on any atom is 0.269 e. The highest BCUT2D eigenvalue weighted by Gasteiger charge is 2.23. The molecule has 9 heteroatoms. The molecular formula is C13H20BN3O4S. The molecule has 1 aromatic rings. The molecule has 0 heterocycles. The first kappa shape index (κ1) is 18.6. The zero-order valence-corrected chi connectivity index (χ0v) is 13.6. The van der Waals surface area contributed by atoms with Gasteiger partial charge in [0.1, 0.15) is 0 Å². The van der Waals surface area contributed by atoms with Crippen LogP contribution in [0.3, 0.4) is 0 Å². The third-order valence-electron chi connectivity index (χ3n) is 3.22. The van der Waals surface area contributed by atoms with Gasteiger partial charge in [-0.15, -0.1) is 0 Å². The van der Waals surface area contributed by atoms with Crippen LogP contribution in [0, 0.1) is 10.1 Å². The van der Waals surface area contributed by atoms with E-state index < -0.39 is 14.9 Å². The topological polar surface area (TPSA) is 101 Å². The van der Waals surface area contributed by atoms with Gasteiger partial charge in [-0.25, -0.2) is 13.1 Å². The van der Waals surface area contributed by atoms with Gasteiger partial charge >= 0.3 is 0 Å². The Morgan fingerprint density at radius 2 is 1.82 bits per heavy atom. The molecule has 0 fully saturated rings. The molecule has 0 aliphatic heterocycles. The molecule has 2 radical (unpaired) electrons. The summed E-state index contributed by atoms with van der Waals surface area (Å²) in [5, 5.41) is 13.7. The Morgan fingerprint density at radius 3 is 2.23 bits per heavy atom. The molecule has 0 saturated carbocycles. The van der Waals surface area contributed by atoms with Crippen molar-refractivity contribution < 1.29 is 13.3 Å². The number of nitro groups is 1. The van der Waals surface area contributed by atoms with Crippen molar-refractivity contribution in [1.29, 1.82) is 0 Å². The van der Waals surface area contributed by atoms with E-state index in [1.165, 1.54) is 12.1 Å². The van der Waals surface area contributed by atoms with Gasteiger partial charge < -0.3 is 5.32 Å². The van der Waals surface area contributed by atoms with E-state index in [1.54, 1.807) is 13.8 Å². The average Bonchev–Trinajstić information content (AvgIpc) is 2.44. The number of sulfonamides is 1. The smallest absolute Gasteiger partial charge is 0.269 e. The number of rotatable bonds is 8. The predicted molar refractivity (Wildman–Crippen MR) is 85.3 cm³/mol. The summed E-state index contributed by atoms with van der Waals surface area (Å²) in [6.07, 6.45) is 0.700. The van der Waals surface area contributed by atoms with Crippen molar-refractivity contribution >= 4 is 23.6 Å². The van der Waals surface area contributed by atoms with Crippen LogP contribution in [0.25, 0.3) is 0 Å². The highest BCUT2D eigenvalue weighted by molar-refractivity contribution is 7.89. The van der Waals surface area contributed by atoms with Gasteiger partial charge in [-0.1, -0.05) is 13.8 Å². The Hall–Kier alpha value is -1.45. The second-order valence-corrected chi connectivity index (χ2v) is 6.85. The molecule has 0 amide bonds. The number of nitro benzene ring substituents is 1. The standard InChI is InChI=1S/C13H20BN3O4S/c1-4-13(15-10(3)14)9(2)16-22(20,21)12-7-5-11(6-8-12)17(18)19/h5-10,13,15-16H,4H2,1-3H3. The largest absolute Gasteiger partial charge is 0.318 e.